The minimum Gasteiger partial charge on any atom is -0.392 e. The molecule has 1 aromatic rings. The van der Waals surface area contributed by atoms with Crippen molar-refractivity contribution in [3.05, 3.63) is 60.2 Å². The highest BCUT2D eigenvalue weighted by atomic mass is 16.6. The largest absolute Gasteiger partial charge is 0.392 e. The molecule has 2 rings (SSSR count). The lowest BCUT2D eigenvalue weighted by molar-refractivity contribution is -0.172. The number of allylic oxidation sites excluding steroid dienone is 1. The number of carbonyl (C=O) groups excluding carboxylic acids is 1. The molecule has 106 valence electrons. The van der Waals surface area contributed by atoms with Crippen molar-refractivity contribution < 1.29 is 19.7 Å². The van der Waals surface area contributed by atoms with Crippen LogP contribution in [0.25, 0.3) is 0 Å². The van der Waals surface area contributed by atoms with Gasteiger partial charge in [0.1, 0.15) is 0 Å². The summed E-state index contributed by atoms with van der Waals surface area (Å²) in [5, 5.41) is 19.8. The SMILES string of the molecule is COC1(O)C=CC(C=CC(=O)c2ccccc2)C(O)C1. The summed E-state index contributed by atoms with van der Waals surface area (Å²) in [6.07, 6.45) is 5.53. The molecule has 1 aromatic carbocycles. The van der Waals surface area contributed by atoms with Crippen molar-refractivity contribution in [2.45, 2.75) is 18.3 Å². The first-order valence-electron chi connectivity index (χ1n) is 6.46. The summed E-state index contributed by atoms with van der Waals surface area (Å²) >= 11 is 0. The number of rotatable bonds is 4. The van der Waals surface area contributed by atoms with E-state index in [1.165, 1.54) is 19.3 Å². The molecule has 0 heterocycles. The van der Waals surface area contributed by atoms with E-state index in [-0.39, 0.29) is 18.1 Å². The Kier molecular flexibility index (Phi) is 4.49. The van der Waals surface area contributed by atoms with Crippen molar-refractivity contribution in [2.75, 3.05) is 7.11 Å². The third-order valence-electron chi connectivity index (χ3n) is 3.41. The zero-order chi connectivity index (χ0) is 14.6. The Morgan fingerprint density at radius 1 is 1.40 bits per heavy atom. The van der Waals surface area contributed by atoms with Crippen LogP contribution in [0.4, 0.5) is 0 Å². The van der Waals surface area contributed by atoms with E-state index in [2.05, 4.69) is 0 Å². The summed E-state index contributed by atoms with van der Waals surface area (Å²) in [5.74, 6) is -1.84. The summed E-state index contributed by atoms with van der Waals surface area (Å²) in [6, 6.07) is 8.93. The van der Waals surface area contributed by atoms with Crippen molar-refractivity contribution >= 4 is 5.78 Å². The summed E-state index contributed by atoms with van der Waals surface area (Å²) in [6.45, 7) is 0. The van der Waals surface area contributed by atoms with Gasteiger partial charge in [-0.2, -0.15) is 0 Å². The molecule has 1 aliphatic carbocycles. The molecule has 0 radical (unpaired) electrons. The minimum atomic E-state index is -1.42. The number of aliphatic hydroxyl groups is 2. The van der Waals surface area contributed by atoms with E-state index in [9.17, 15) is 15.0 Å². The Morgan fingerprint density at radius 3 is 2.70 bits per heavy atom. The summed E-state index contributed by atoms with van der Waals surface area (Å²) in [5.41, 5.74) is 0.603. The topological polar surface area (TPSA) is 66.8 Å². The number of carbonyl (C=O) groups is 1. The molecule has 0 aromatic heterocycles. The Labute approximate surface area is 118 Å². The standard InChI is InChI=1S/C16H18O4/c1-20-16(19)10-9-13(15(18)11-16)7-8-14(17)12-5-3-2-4-6-12/h2-10,13,15,18-19H,11H2,1H3. The maximum Gasteiger partial charge on any atom is 0.187 e. The second-order valence-corrected chi connectivity index (χ2v) is 4.85. The molecule has 4 nitrogen and oxygen atoms in total. The highest BCUT2D eigenvalue weighted by Crippen LogP contribution is 2.27. The van der Waals surface area contributed by atoms with Crippen LogP contribution < -0.4 is 0 Å². The van der Waals surface area contributed by atoms with E-state index in [1.807, 2.05) is 6.07 Å². The number of methoxy groups -OCH3 is 1. The molecule has 2 N–H and O–H groups in total. The van der Waals surface area contributed by atoms with E-state index in [0.29, 0.717) is 5.56 Å². The average Bonchev–Trinajstić information content (AvgIpc) is 2.47. The molecule has 0 spiro atoms. The van der Waals surface area contributed by atoms with E-state index in [4.69, 9.17) is 4.74 Å². The van der Waals surface area contributed by atoms with Crippen LogP contribution in [0.5, 0.6) is 0 Å². The fourth-order valence-electron chi connectivity index (χ4n) is 2.13. The van der Waals surface area contributed by atoms with E-state index < -0.39 is 11.9 Å². The first-order chi connectivity index (χ1) is 9.54. The first kappa shape index (κ1) is 14.7. The third kappa shape index (κ3) is 3.42. The van der Waals surface area contributed by atoms with Crippen LogP contribution in [0.15, 0.2) is 54.6 Å². The normalized spacial score (nSPS) is 29.8. The molecule has 1 aliphatic rings. The molecule has 0 amide bonds. The highest BCUT2D eigenvalue weighted by molar-refractivity contribution is 6.04. The monoisotopic (exact) mass is 274 g/mol. The van der Waals surface area contributed by atoms with Gasteiger partial charge in [0, 0.05) is 25.0 Å². The zero-order valence-electron chi connectivity index (χ0n) is 11.3. The Balaban J connectivity index is 2.05. The first-order valence-corrected chi connectivity index (χ1v) is 6.46. The zero-order valence-corrected chi connectivity index (χ0v) is 11.3. The maximum atomic E-state index is 11.9. The number of aliphatic hydroxyl groups excluding tert-OH is 1. The van der Waals surface area contributed by atoms with Gasteiger partial charge in [0.15, 0.2) is 11.6 Å². The summed E-state index contributed by atoms with van der Waals surface area (Å²) < 4.78 is 4.91. The molecule has 0 aliphatic heterocycles. The van der Waals surface area contributed by atoms with Crippen molar-refractivity contribution in [3.63, 3.8) is 0 Å². The number of ketones is 1. The molecule has 0 fully saturated rings. The van der Waals surface area contributed by atoms with E-state index >= 15 is 0 Å². The van der Waals surface area contributed by atoms with Gasteiger partial charge in [-0.05, 0) is 12.2 Å². The predicted molar refractivity (Wildman–Crippen MR) is 75.1 cm³/mol. The lowest BCUT2D eigenvalue weighted by Crippen LogP contribution is -2.39. The summed E-state index contributed by atoms with van der Waals surface area (Å²) in [7, 11) is 1.38. The molecule has 3 atom stereocenters. The number of ether oxygens (including phenoxy) is 1. The molecule has 0 saturated carbocycles. The Bertz CT molecular complexity index is 521. The van der Waals surface area contributed by atoms with Gasteiger partial charge in [-0.3, -0.25) is 4.79 Å². The Hall–Kier alpha value is -1.75. The second kappa shape index (κ2) is 6.13. The second-order valence-electron chi connectivity index (χ2n) is 4.85. The van der Waals surface area contributed by atoms with Crippen LogP contribution in [-0.2, 0) is 4.74 Å². The van der Waals surface area contributed by atoms with Gasteiger partial charge in [-0.15, -0.1) is 0 Å². The van der Waals surface area contributed by atoms with Gasteiger partial charge in [-0.25, -0.2) is 0 Å². The van der Waals surface area contributed by atoms with Crippen LogP contribution in [0.3, 0.4) is 0 Å². The third-order valence-corrected chi connectivity index (χ3v) is 3.41. The fraction of sp³-hybridized carbons (Fsp3) is 0.312. The van der Waals surface area contributed by atoms with Gasteiger partial charge in [0.05, 0.1) is 6.10 Å². The van der Waals surface area contributed by atoms with Crippen molar-refractivity contribution in [1.82, 2.24) is 0 Å². The Morgan fingerprint density at radius 2 is 2.10 bits per heavy atom. The van der Waals surface area contributed by atoms with Crippen molar-refractivity contribution in [3.8, 4) is 0 Å². The van der Waals surface area contributed by atoms with Gasteiger partial charge < -0.3 is 14.9 Å². The minimum absolute atomic E-state index is 0.0779. The highest BCUT2D eigenvalue weighted by Gasteiger charge is 2.33. The fourth-order valence-corrected chi connectivity index (χ4v) is 2.13. The quantitative estimate of drug-likeness (QED) is 0.379. The van der Waals surface area contributed by atoms with Gasteiger partial charge in [-0.1, -0.05) is 42.5 Å². The number of hydrogen-bond donors (Lipinski definition) is 2. The van der Waals surface area contributed by atoms with E-state index in [1.54, 1.807) is 36.4 Å². The predicted octanol–water partition coefficient (Wildman–Crippen LogP) is 1.70. The van der Waals surface area contributed by atoms with Crippen LogP contribution in [0.1, 0.15) is 16.8 Å². The lowest BCUT2D eigenvalue weighted by atomic mass is 9.88. The smallest absolute Gasteiger partial charge is 0.187 e. The molecular formula is C16H18O4. The van der Waals surface area contributed by atoms with Gasteiger partial charge >= 0.3 is 0 Å². The van der Waals surface area contributed by atoms with E-state index in [0.717, 1.165) is 0 Å². The van der Waals surface area contributed by atoms with Crippen LogP contribution >= 0.6 is 0 Å². The molecule has 0 bridgehead atoms. The molecule has 0 saturated heterocycles. The van der Waals surface area contributed by atoms with Gasteiger partial charge in [0.25, 0.3) is 0 Å². The summed E-state index contributed by atoms with van der Waals surface area (Å²) in [4.78, 5) is 11.9. The van der Waals surface area contributed by atoms with Crippen molar-refractivity contribution in [1.29, 1.82) is 0 Å². The van der Waals surface area contributed by atoms with Gasteiger partial charge in [0.2, 0.25) is 0 Å². The number of hydrogen-bond acceptors (Lipinski definition) is 4. The maximum absolute atomic E-state index is 11.9. The van der Waals surface area contributed by atoms with Crippen LogP contribution in [-0.4, -0.2) is 35.0 Å². The van der Waals surface area contributed by atoms with Crippen LogP contribution in [0, 0.1) is 5.92 Å². The van der Waals surface area contributed by atoms with Crippen molar-refractivity contribution in [2.24, 2.45) is 5.92 Å². The molecule has 4 heteroatoms. The molecule has 20 heavy (non-hydrogen) atoms. The van der Waals surface area contributed by atoms with Crippen LogP contribution in [0.2, 0.25) is 0 Å². The lowest BCUT2D eigenvalue weighted by Gasteiger charge is -2.32. The molecular weight excluding hydrogens is 256 g/mol. The number of benzene rings is 1. The molecule has 3 unspecified atom stereocenters. The average molecular weight is 274 g/mol.